The molecule has 1 amide bonds. The van der Waals surface area contributed by atoms with Crippen LogP contribution in [0.2, 0.25) is 0 Å². The lowest BCUT2D eigenvalue weighted by atomic mass is 9.86. The van der Waals surface area contributed by atoms with Crippen LogP contribution in [0.15, 0.2) is 52.3 Å². The molecule has 0 saturated carbocycles. The highest BCUT2D eigenvalue weighted by Gasteiger charge is 2.48. The summed E-state index contributed by atoms with van der Waals surface area (Å²) in [6.07, 6.45) is 2.30. The Kier molecular flexibility index (Phi) is 7.87. The van der Waals surface area contributed by atoms with Crippen molar-refractivity contribution >= 4 is 17.2 Å². The Balaban J connectivity index is 1.53. The number of carbonyl (C=O) groups is 1. The molecule has 0 radical (unpaired) electrons. The second-order valence-corrected chi connectivity index (χ2v) is 9.24. The SMILES string of the molecule is COCc1nnc(C2(N(OCc3ccccc3)C(C)=O)CCN(CCc3cccs3)CC2)o1. The number of amides is 1. The number of hydroxylamine groups is 2. The number of hydrogen-bond acceptors (Lipinski definition) is 8. The number of rotatable bonds is 10. The molecule has 3 heterocycles. The first kappa shape index (κ1) is 23.6. The average Bonchev–Trinajstić information content (AvgIpc) is 3.52. The maximum absolute atomic E-state index is 12.8. The maximum Gasteiger partial charge on any atom is 0.244 e. The Morgan fingerprint density at radius 1 is 1.15 bits per heavy atom. The van der Waals surface area contributed by atoms with E-state index >= 15 is 0 Å². The zero-order valence-corrected chi connectivity index (χ0v) is 19.9. The first-order valence-corrected chi connectivity index (χ1v) is 12.0. The molecule has 8 nitrogen and oxygen atoms in total. The molecular weight excluding hydrogens is 440 g/mol. The average molecular weight is 471 g/mol. The Morgan fingerprint density at radius 2 is 1.94 bits per heavy atom. The van der Waals surface area contributed by atoms with Gasteiger partial charge in [0.1, 0.15) is 13.2 Å². The Morgan fingerprint density at radius 3 is 2.61 bits per heavy atom. The number of nitrogens with zero attached hydrogens (tertiary/aromatic N) is 4. The lowest BCUT2D eigenvalue weighted by Crippen LogP contribution is -2.55. The van der Waals surface area contributed by atoms with Gasteiger partial charge in [-0.1, -0.05) is 36.4 Å². The topological polar surface area (TPSA) is 80.9 Å². The summed E-state index contributed by atoms with van der Waals surface area (Å²) in [5, 5.41) is 12.0. The van der Waals surface area contributed by atoms with Crippen molar-refractivity contribution in [2.75, 3.05) is 26.7 Å². The number of benzene rings is 1. The highest BCUT2D eigenvalue weighted by molar-refractivity contribution is 7.09. The number of thiophene rings is 1. The summed E-state index contributed by atoms with van der Waals surface area (Å²) >= 11 is 1.78. The second-order valence-electron chi connectivity index (χ2n) is 8.21. The summed E-state index contributed by atoms with van der Waals surface area (Å²) in [6, 6.07) is 14.1. The molecular formula is C24H30N4O4S. The minimum absolute atomic E-state index is 0.190. The highest BCUT2D eigenvalue weighted by atomic mass is 32.1. The molecule has 0 unspecified atom stereocenters. The van der Waals surface area contributed by atoms with Crippen molar-refractivity contribution < 1.29 is 18.8 Å². The maximum atomic E-state index is 12.8. The van der Waals surface area contributed by atoms with Gasteiger partial charge in [-0.05, 0) is 36.3 Å². The summed E-state index contributed by atoms with van der Waals surface area (Å²) in [4.78, 5) is 22.7. The van der Waals surface area contributed by atoms with Gasteiger partial charge in [0, 0.05) is 38.5 Å². The van der Waals surface area contributed by atoms with E-state index in [0.717, 1.165) is 31.6 Å². The Labute approximate surface area is 198 Å². The first-order chi connectivity index (χ1) is 16.1. The van der Waals surface area contributed by atoms with Gasteiger partial charge in [0.05, 0.1) is 0 Å². The zero-order valence-electron chi connectivity index (χ0n) is 19.1. The van der Waals surface area contributed by atoms with Crippen molar-refractivity contribution in [2.24, 2.45) is 0 Å². The van der Waals surface area contributed by atoms with Gasteiger partial charge in [-0.25, -0.2) is 5.06 Å². The smallest absolute Gasteiger partial charge is 0.244 e. The van der Waals surface area contributed by atoms with Crippen LogP contribution in [0.4, 0.5) is 0 Å². The third-order valence-corrected chi connectivity index (χ3v) is 6.88. The fraction of sp³-hybridized carbons (Fsp3) is 0.458. The number of aromatic nitrogens is 2. The lowest BCUT2D eigenvalue weighted by Gasteiger charge is -2.45. The zero-order chi connectivity index (χ0) is 23.1. The predicted octanol–water partition coefficient (Wildman–Crippen LogP) is 3.79. The van der Waals surface area contributed by atoms with E-state index in [1.54, 1.807) is 18.4 Å². The van der Waals surface area contributed by atoms with Crippen LogP contribution in [0.3, 0.4) is 0 Å². The summed E-state index contributed by atoms with van der Waals surface area (Å²) in [5.41, 5.74) is 0.164. The normalized spacial score (nSPS) is 16.1. The summed E-state index contributed by atoms with van der Waals surface area (Å²) < 4.78 is 11.1. The van der Waals surface area contributed by atoms with Crippen LogP contribution in [-0.4, -0.2) is 52.8 Å². The summed E-state index contributed by atoms with van der Waals surface area (Å²) in [6.45, 7) is 4.59. The van der Waals surface area contributed by atoms with E-state index in [4.69, 9.17) is 14.0 Å². The van der Waals surface area contributed by atoms with Gasteiger partial charge in [0.15, 0.2) is 5.54 Å². The summed E-state index contributed by atoms with van der Waals surface area (Å²) in [5.74, 6) is 0.596. The molecule has 1 saturated heterocycles. The van der Waals surface area contributed by atoms with E-state index in [9.17, 15) is 4.79 Å². The van der Waals surface area contributed by atoms with Crippen molar-refractivity contribution in [1.29, 1.82) is 0 Å². The van der Waals surface area contributed by atoms with E-state index in [2.05, 4.69) is 32.6 Å². The third-order valence-electron chi connectivity index (χ3n) is 5.95. The monoisotopic (exact) mass is 470 g/mol. The van der Waals surface area contributed by atoms with Crippen molar-refractivity contribution in [3.63, 3.8) is 0 Å². The molecule has 1 aliphatic heterocycles. The second kappa shape index (κ2) is 11.0. The molecule has 9 heteroatoms. The minimum atomic E-state index is -0.820. The van der Waals surface area contributed by atoms with Crippen LogP contribution in [0.5, 0.6) is 0 Å². The van der Waals surface area contributed by atoms with Gasteiger partial charge in [0.2, 0.25) is 17.7 Å². The van der Waals surface area contributed by atoms with Gasteiger partial charge in [-0.3, -0.25) is 9.63 Å². The summed E-state index contributed by atoms with van der Waals surface area (Å²) in [7, 11) is 1.58. The standard InChI is InChI=1S/C24H30N4O4S/c1-19(29)28(31-17-20-7-4-3-5-8-20)24(23-26-25-22(32-23)18-30-2)11-14-27(15-12-24)13-10-21-9-6-16-33-21/h3-9,16H,10-15,17-18H2,1-2H3. The minimum Gasteiger partial charge on any atom is -0.420 e. The molecule has 3 aromatic rings. The van der Waals surface area contributed by atoms with Crippen LogP contribution in [0.25, 0.3) is 0 Å². The largest absolute Gasteiger partial charge is 0.420 e. The predicted molar refractivity (Wildman–Crippen MR) is 124 cm³/mol. The van der Waals surface area contributed by atoms with Gasteiger partial charge in [0.25, 0.3) is 0 Å². The van der Waals surface area contributed by atoms with E-state index < -0.39 is 5.54 Å². The molecule has 0 bridgehead atoms. The molecule has 0 aliphatic carbocycles. The molecule has 1 aliphatic rings. The molecule has 4 rings (SSSR count). The fourth-order valence-electron chi connectivity index (χ4n) is 4.23. The highest BCUT2D eigenvalue weighted by Crippen LogP contribution is 2.39. The number of hydrogen-bond donors (Lipinski definition) is 0. The number of methoxy groups -OCH3 is 1. The number of piperidine rings is 1. The van der Waals surface area contributed by atoms with Crippen molar-refractivity contribution in [3.05, 3.63) is 70.1 Å². The van der Waals surface area contributed by atoms with E-state index in [0.29, 0.717) is 24.6 Å². The quantitative estimate of drug-likeness (QED) is 0.417. The van der Waals surface area contributed by atoms with Crippen LogP contribution in [-0.2, 0) is 39.5 Å². The van der Waals surface area contributed by atoms with Crippen LogP contribution >= 0.6 is 11.3 Å². The van der Waals surface area contributed by atoms with E-state index in [-0.39, 0.29) is 19.1 Å². The Hall–Kier alpha value is -2.59. The fourth-order valence-corrected chi connectivity index (χ4v) is 4.92. The lowest BCUT2D eigenvalue weighted by molar-refractivity contribution is -0.243. The molecule has 2 aromatic heterocycles. The third kappa shape index (κ3) is 5.67. The van der Waals surface area contributed by atoms with Crippen LogP contribution in [0.1, 0.15) is 42.0 Å². The van der Waals surface area contributed by atoms with Gasteiger partial charge in [-0.2, -0.15) is 0 Å². The molecule has 0 spiro atoms. The Bertz CT molecular complexity index is 1000. The molecule has 1 aromatic carbocycles. The molecule has 1 fully saturated rings. The first-order valence-electron chi connectivity index (χ1n) is 11.1. The van der Waals surface area contributed by atoms with Crippen LogP contribution < -0.4 is 0 Å². The van der Waals surface area contributed by atoms with Gasteiger partial charge < -0.3 is 14.1 Å². The van der Waals surface area contributed by atoms with Crippen LogP contribution in [0, 0.1) is 0 Å². The molecule has 33 heavy (non-hydrogen) atoms. The molecule has 0 atom stereocenters. The molecule has 176 valence electrons. The molecule has 0 N–H and O–H groups in total. The number of carbonyl (C=O) groups excluding carboxylic acids is 1. The van der Waals surface area contributed by atoms with E-state index in [1.807, 2.05) is 30.3 Å². The van der Waals surface area contributed by atoms with Crippen molar-refractivity contribution in [3.8, 4) is 0 Å². The van der Waals surface area contributed by atoms with E-state index in [1.165, 1.54) is 16.9 Å². The van der Waals surface area contributed by atoms with Gasteiger partial charge >= 0.3 is 0 Å². The van der Waals surface area contributed by atoms with Gasteiger partial charge in [-0.15, -0.1) is 21.5 Å². The number of ether oxygens (including phenoxy) is 1. The number of likely N-dealkylation sites (tertiary alicyclic amines) is 1. The van der Waals surface area contributed by atoms with Crippen molar-refractivity contribution in [2.45, 2.75) is 44.9 Å². The van der Waals surface area contributed by atoms with Crippen molar-refractivity contribution in [1.82, 2.24) is 20.2 Å².